The molecule has 0 aromatic carbocycles. The minimum Gasteiger partial charge on any atom is -0.330 e. The highest BCUT2D eigenvalue weighted by atomic mass is 15.1. The van der Waals surface area contributed by atoms with Crippen molar-refractivity contribution >= 4 is 0 Å². The molecular formula is C14H28N2. The Morgan fingerprint density at radius 1 is 1.31 bits per heavy atom. The van der Waals surface area contributed by atoms with Crippen molar-refractivity contribution in [2.75, 3.05) is 26.7 Å². The monoisotopic (exact) mass is 224 g/mol. The third-order valence-corrected chi connectivity index (χ3v) is 3.90. The van der Waals surface area contributed by atoms with Crippen molar-refractivity contribution in [3.63, 3.8) is 0 Å². The molecule has 0 aromatic rings. The smallest absolute Gasteiger partial charge is 0.00470 e. The summed E-state index contributed by atoms with van der Waals surface area (Å²) in [7, 11) is 2.23. The number of allylic oxidation sites excluding steroid dienone is 1. The van der Waals surface area contributed by atoms with E-state index < -0.39 is 0 Å². The highest BCUT2D eigenvalue weighted by molar-refractivity contribution is 4.86. The van der Waals surface area contributed by atoms with Gasteiger partial charge in [0.2, 0.25) is 0 Å². The van der Waals surface area contributed by atoms with Crippen LogP contribution in [0.5, 0.6) is 0 Å². The zero-order valence-corrected chi connectivity index (χ0v) is 10.9. The van der Waals surface area contributed by atoms with E-state index in [4.69, 9.17) is 5.73 Å². The first kappa shape index (κ1) is 13.7. The lowest BCUT2D eigenvalue weighted by molar-refractivity contribution is 0.127. The molecule has 1 aliphatic rings. The minimum atomic E-state index is 0.418. The van der Waals surface area contributed by atoms with Crippen LogP contribution in [0.3, 0.4) is 0 Å². The fourth-order valence-corrected chi connectivity index (χ4v) is 2.89. The van der Waals surface area contributed by atoms with E-state index in [2.05, 4.69) is 18.5 Å². The molecule has 2 nitrogen and oxygen atoms in total. The van der Waals surface area contributed by atoms with Crippen molar-refractivity contribution in [1.29, 1.82) is 0 Å². The number of hydrogen-bond donors (Lipinski definition) is 1. The zero-order chi connectivity index (χ0) is 11.9. The maximum atomic E-state index is 6.00. The van der Waals surface area contributed by atoms with Gasteiger partial charge < -0.3 is 10.6 Å². The maximum absolute atomic E-state index is 6.00. The first-order valence-electron chi connectivity index (χ1n) is 6.72. The Hall–Kier alpha value is -0.340. The van der Waals surface area contributed by atoms with E-state index in [0.29, 0.717) is 5.41 Å². The Morgan fingerprint density at radius 3 is 2.56 bits per heavy atom. The Balaban J connectivity index is 2.33. The van der Waals surface area contributed by atoms with Crippen LogP contribution in [0, 0.1) is 5.41 Å². The number of hydrogen-bond acceptors (Lipinski definition) is 2. The summed E-state index contributed by atoms with van der Waals surface area (Å²) < 4.78 is 0. The summed E-state index contributed by atoms with van der Waals surface area (Å²) in [6.45, 7) is 6.98. The van der Waals surface area contributed by atoms with Crippen LogP contribution in [0.4, 0.5) is 0 Å². The third kappa shape index (κ3) is 4.26. The van der Waals surface area contributed by atoms with Crippen molar-refractivity contribution in [1.82, 2.24) is 4.90 Å². The molecule has 0 amide bonds. The van der Waals surface area contributed by atoms with E-state index in [-0.39, 0.29) is 0 Å². The zero-order valence-electron chi connectivity index (χ0n) is 10.9. The summed E-state index contributed by atoms with van der Waals surface area (Å²) in [5.74, 6) is 0. The summed E-state index contributed by atoms with van der Waals surface area (Å²) in [6, 6.07) is 0. The number of unbranched alkanes of at least 4 members (excludes halogenated alkanes) is 1. The Labute approximate surface area is 101 Å². The van der Waals surface area contributed by atoms with Gasteiger partial charge in [-0.1, -0.05) is 25.3 Å². The van der Waals surface area contributed by atoms with Crippen LogP contribution < -0.4 is 5.73 Å². The summed E-state index contributed by atoms with van der Waals surface area (Å²) in [5, 5.41) is 0. The van der Waals surface area contributed by atoms with Gasteiger partial charge in [-0.25, -0.2) is 0 Å². The lowest BCUT2D eigenvalue weighted by atomic mass is 9.74. The second-order valence-corrected chi connectivity index (χ2v) is 5.43. The molecule has 1 saturated carbocycles. The van der Waals surface area contributed by atoms with Gasteiger partial charge in [0.05, 0.1) is 0 Å². The lowest BCUT2D eigenvalue weighted by Crippen LogP contribution is -2.42. The van der Waals surface area contributed by atoms with E-state index in [1.165, 1.54) is 51.6 Å². The molecule has 1 aliphatic carbocycles. The second-order valence-electron chi connectivity index (χ2n) is 5.43. The van der Waals surface area contributed by atoms with Crippen LogP contribution in [-0.2, 0) is 0 Å². The van der Waals surface area contributed by atoms with Crippen LogP contribution in [-0.4, -0.2) is 31.6 Å². The van der Waals surface area contributed by atoms with Crippen molar-refractivity contribution in [2.45, 2.75) is 44.9 Å². The van der Waals surface area contributed by atoms with E-state index in [1.54, 1.807) is 0 Å². The molecule has 0 atom stereocenters. The van der Waals surface area contributed by atoms with E-state index in [9.17, 15) is 0 Å². The van der Waals surface area contributed by atoms with Crippen LogP contribution in [0.2, 0.25) is 0 Å². The van der Waals surface area contributed by atoms with Gasteiger partial charge in [-0.3, -0.25) is 0 Å². The predicted octanol–water partition coefficient (Wildman–Crippen LogP) is 2.79. The standard InChI is InChI=1S/C14H28N2/c1-3-4-8-11-16(2)13-14(12-15)9-6-5-7-10-14/h3H,1,4-13,15H2,2H3. The molecule has 94 valence electrons. The van der Waals surface area contributed by atoms with Gasteiger partial charge in [0.1, 0.15) is 0 Å². The molecule has 0 unspecified atom stereocenters. The van der Waals surface area contributed by atoms with Crippen LogP contribution in [0.15, 0.2) is 12.7 Å². The number of nitrogens with two attached hydrogens (primary N) is 1. The molecule has 0 aromatic heterocycles. The van der Waals surface area contributed by atoms with E-state index >= 15 is 0 Å². The fraction of sp³-hybridized carbons (Fsp3) is 0.857. The van der Waals surface area contributed by atoms with E-state index in [0.717, 1.165) is 13.0 Å². The van der Waals surface area contributed by atoms with Crippen LogP contribution in [0.25, 0.3) is 0 Å². The quantitative estimate of drug-likeness (QED) is 0.532. The van der Waals surface area contributed by atoms with Crippen molar-refractivity contribution < 1.29 is 0 Å². The van der Waals surface area contributed by atoms with Gasteiger partial charge in [0.25, 0.3) is 0 Å². The topological polar surface area (TPSA) is 29.3 Å². The molecule has 1 fully saturated rings. The molecule has 0 radical (unpaired) electrons. The number of nitrogens with zero attached hydrogens (tertiary/aromatic N) is 1. The van der Waals surface area contributed by atoms with Crippen molar-refractivity contribution in [2.24, 2.45) is 11.1 Å². The fourth-order valence-electron chi connectivity index (χ4n) is 2.89. The van der Waals surface area contributed by atoms with Gasteiger partial charge in [-0.2, -0.15) is 0 Å². The lowest BCUT2D eigenvalue weighted by Gasteiger charge is -2.39. The SMILES string of the molecule is C=CCCCN(C)CC1(CN)CCCCC1. The minimum absolute atomic E-state index is 0.418. The third-order valence-electron chi connectivity index (χ3n) is 3.90. The average Bonchev–Trinajstić information content (AvgIpc) is 2.30. The highest BCUT2D eigenvalue weighted by Crippen LogP contribution is 2.35. The molecule has 0 aliphatic heterocycles. The molecule has 0 bridgehead atoms. The molecular weight excluding hydrogens is 196 g/mol. The van der Waals surface area contributed by atoms with Crippen molar-refractivity contribution in [3.8, 4) is 0 Å². The largest absolute Gasteiger partial charge is 0.330 e. The molecule has 0 heterocycles. The van der Waals surface area contributed by atoms with Gasteiger partial charge in [-0.15, -0.1) is 6.58 Å². The highest BCUT2D eigenvalue weighted by Gasteiger charge is 2.31. The van der Waals surface area contributed by atoms with Gasteiger partial charge in [0, 0.05) is 6.54 Å². The first-order chi connectivity index (χ1) is 7.72. The average molecular weight is 224 g/mol. The van der Waals surface area contributed by atoms with Gasteiger partial charge in [0.15, 0.2) is 0 Å². The van der Waals surface area contributed by atoms with Gasteiger partial charge in [-0.05, 0) is 51.2 Å². The molecule has 16 heavy (non-hydrogen) atoms. The predicted molar refractivity (Wildman–Crippen MR) is 71.5 cm³/mol. The molecule has 2 heteroatoms. The molecule has 0 spiro atoms. The van der Waals surface area contributed by atoms with Gasteiger partial charge >= 0.3 is 0 Å². The molecule has 1 rings (SSSR count). The normalized spacial score (nSPS) is 19.9. The summed E-state index contributed by atoms with van der Waals surface area (Å²) in [6.07, 6.45) is 11.2. The Kier molecular flexibility index (Phi) is 6.07. The molecule has 0 saturated heterocycles. The Bertz CT molecular complexity index is 195. The van der Waals surface area contributed by atoms with Crippen molar-refractivity contribution in [3.05, 3.63) is 12.7 Å². The van der Waals surface area contributed by atoms with Crippen LogP contribution >= 0.6 is 0 Å². The van der Waals surface area contributed by atoms with E-state index in [1.807, 2.05) is 6.08 Å². The second kappa shape index (κ2) is 7.08. The summed E-state index contributed by atoms with van der Waals surface area (Å²) in [4.78, 5) is 2.46. The molecule has 2 N–H and O–H groups in total. The maximum Gasteiger partial charge on any atom is 0.00470 e. The first-order valence-corrected chi connectivity index (χ1v) is 6.72. The Morgan fingerprint density at radius 2 is 2.00 bits per heavy atom. The summed E-state index contributed by atoms with van der Waals surface area (Å²) in [5.41, 5.74) is 6.42. The van der Waals surface area contributed by atoms with Crippen LogP contribution in [0.1, 0.15) is 44.9 Å². The summed E-state index contributed by atoms with van der Waals surface area (Å²) >= 11 is 0. The number of rotatable bonds is 7.